The molecular weight excluding hydrogens is 326 g/mol. The molecule has 0 aromatic heterocycles. The molecule has 2 rings (SSSR count). The van der Waals surface area contributed by atoms with E-state index in [1.807, 2.05) is 32.0 Å². The predicted octanol–water partition coefficient (Wildman–Crippen LogP) is 3.65. The highest BCUT2D eigenvalue weighted by Crippen LogP contribution is 2.27. The van der Waals surface area contributed by atoms with Crippen molar-refractivity contribution in [2.45, 2.75) is 33.2 Å². The SMILES string of the molecule is CCNC(=NCc1ccc(O)c(OCC)c1)NCC(C)c1ccccc1. The highest BCUT2D eigenvalue weighted by atomic mass is 16.5. The summed E-state index contributed by atoms with van der Waals surface area (Å²) in [6.45, 7) is 8.76. The Bertz CT molecular complexity index is 702. The Morgan fingerprint density at radius 2 is 1.88 bits per heavy atom. The molecule has 2 aromatic rings. The van der Waals surface area contributed by atoms with Crippen molar-refractivity contribution in [2.75, 3.05) is 19.7 Å². The fraction of sp³-hybridized carbons (Fsp3) is 0.381. The van der Waals surface area contributed by atoms with Gasteiger partial charge in [-0.1, -0.05) is 43.3 Å². The molecule has 5 heteroatoms. The van der Waals surface area contributed by atoms with Crippen molar-refractivity contribution in [1.82, 2.24) is 10.6 Å². The Hall–Kier alpha value is -2.69. The second-order valence-electron chi connectivity index (χ2n) is 6.12. The lowest BCUT2D eigenvalue weighted by atomic mass is 10.0. The van der Waals surface area contributed by atoms with E-state index in [-0.39, 0.29) is 5.75 Å². The van der Waals surface area contributed by atoms with Gasteiger partial charge in [-0.2, -0.15) is 0 Å². The van der Waals surface area contributed by atoms with Crippen molar-refractivity contribution in [3.05, 3.63) is 59.7 Å². The van der Waals surface area contributed by atoms with Gasteiger partial charge >= 0.3 is 0 Å². The summed E-state index contributed by atoms with van der Waals surface area (Å²) in [6.07, 6.45) is 0. The lowest BCUT2D eigenvalue weighted by Crippen LogP contribution is -2.39. The number of hydrogen-bond donors (Lipinski definition) is 3. The summed E-state index contributed by atoms with van der Waals surface area (Å²) in [7, 11) is 0. The molecule has 0 saturated carbocycles. The minimum Gasteiger partial charge on any atom is -0.504 e. The number of guanidine groups is 1. The van der Waals surface area contributed by atoms with Crippen LogP contribution in [0.1, 0.15) is 37.8 Å². The number of nitrogens with one attached hydrogen (secondary N) is 2. The van der Waals surface area contributed by atoms with Crippen LogP contribution in [0.5, 0.6) is 11.5 Å². The van der Waals surface area contributed by atoms with Crippen LogP contribution in [-0.4, -0.2) is 30.8 Å². The molecule has 0 spiro atoms. The second kappa shape index (κ2) is 10.3. The van der Waals surface area contributed by atoms with Crippen LogP contribution in [0.2, 0.25) is 0 Å². The maximum atomic E-state index is 9.80. The molecule has 5 nitrogen and oxygen atoms in total. The first-order valence-electron chi connectivity index (χ1n) is 9.15. The quantitative estimate of drug-likeness (QED) is 0.499. The van der Waals surface area contributed by atoms with Gasteiger partial charge in [-0.15, -0.1) is 0 Å². The summed E-state index contributed by atoms with van der Waals surface area (Å²) in [5, 5.41) is 16.5. The number of phenols is 1. The molecule has 140 valence electrons. The van der Waals surface area contributed by atoms with Crippen LogP contribution in [0.3, 0.4) is 0 Å². The Kier molecular flexibility index (Phi) is 7.80. The minimum absolute atomic E-state index is 0.154. The summed E-state index contributed by atoms with van der Waals surface area (Å²) in [5.74, 6) is 1.82. The lowest BCUT2D eigenvalue weighted by molar-refractivity contribution is 0.318. The highest BCUT2D eigenvalue weighted by Gasteiger charge is 2.07. The normalized spacial score (nSPS) is 12.5. The van der Waals surface area contributed by atoms with Crippen LogP contribution in [-0.2, 0) is 6.54 Å². The number of aliphatic imine (C=N–C) groups is 1. The van der Waals surface area contributed by atoms with E-state index < -0.39 is 0 Å². The first-order chi connectivity index (χ1) is 12.6. The number of benzene rings is 2. The zero-order chi connectivity index (χ0) is 18.8. The number of ether oxygens (including phenoxy) is 1. The molecule has 0 amide bonds. The standard InChI is InChI=1S/C21H29N3O2/c1-4-22-21(23-14-16(3)18-9-7-6-8-10-18)24-15-17-11-12-19(25)20(13-17)26-5-2/h6-13,16,25H,4-5,14-15H2,1-3H3,(H2,22,23,24). The van der Waals surface area contributed by atoms with Gasteiger partial charge in [0.25, 0.3) is 0 Å². The molecule has 26 heavy (non-hydrogen) atoms. The van der Waals surface area contributed by atoms with E-state index in [9.17, 15) is 5.11 Å². The summed E-state index contributed by atoms with van der Waals surface area (Å²) >= 11 is 0. The molecule has 1 unspecified atom stereocenters. The maximum absolute atomic E-state index is 9.80. The van der Waals surface area contributed by atoms with Crippen LogP contribution in [0.15, 0.2) is 53.5 Å². The molecule has 2 aromatic carbocycles. The zero-order valence-electron chi connectivity index (χ0n) is 15.8. The van der Waals surface area contributed by atoms with E-state index in [2.05, 4.69) is 46.8 Å². The average molecular weight is 355 g/mol. The lowest BCUT2D eigenvalue weighted by Gasteiger charge is -2.16. The van der Waals surface area contributed by atoms with Crippen molar-refractivity contribution in [3.63, 3.8) is 0 Å². The zero-order valence-corrected chi connectivity index (χ0v) is 15.8. The van der Waals surface area contributed by atoms with Crippen molar-refractivity contribution in [2.24, 2.45) is 4.99 Å². The first kappa shape index (κ1) is 19.6. The fourth-order valence-electron chi connectivity index (χ4n) is 2.59. The molecule has 0 bridgehead atoms. The van der Waals surface area contributed by atoms with Crippen LogP contribution < -0.4 is 15.4 Å². The molecule has 1 atom stereocenters. The van der Waals surface area contributed by atoms with Gasteiger partial charge in [-0.05, 0) is 43.0 Å². The number of nitrogens with zero attached hydrogens (tertiary/aromatic N) is 1. The van der Waals surface area contributed by atoms with Gasteiger partial charge in [0.15, 0.2) is 17.5 Å². The molecule has 0 saturated heterocycles. The second-order valence-corrected chi connectivity index (χ2v) is 6.12. The monoisotopic (exact) mass is 355 g/mol. The molecule has 0 aliphatic heterocycles. The third-order valence-corrected chi connectivity index (χ3v) is 4.03. The van der Waals surface area contributed by atoms with Gasteiger partial charge in [0.05, 0.1) is 13.2 Å². The van der Waals surface area contributed by atoms with Crippen molar-refractivity contribution < 1.29 is 9.84 Å². The summed E-state index contributed by atoms with van der Waals surface area (Å²) < 4.78 is 5.43. The molecule has 0 aliphatic carbocycles. The Morgan fingerprint density at radius 1 is 1.12 bits per heavy atom. The van der Waals surface area contributed by atoms with Gasteiger partial charge in [0, 0.05) is 13.1 Å². The third-order valence-electron chi connectivity index (χ3n) is 4.03. The number of aromatic hydroxyl groups is 1. The number of rotatable bonds is 8. The molecule has 0 fully saturated rings. The Balaban J connectivity index is 1.99. The smallest absolute Gasteiger partial charge is 0.191 e. The van der Waals surface area contributed by atoms with Crippen molar-refractivity contribution in [1.29, 1.82) is 0 Å². The van der Waals surface area contributed by atoms with E-state index in [4.69, 9.17) is 4.74 Å². The van der Waals surface area contributed by atoms with Crippen LogP contribution in [0.4, 0.5) is 0 Å². The van der Waals surface area contributed by atoms with Gasteiger partial charge in [0.1, 0.15) is 0 Å². The third kappa shape index (κ3) is 5.99. The molecule has 0 radical (unpaired) electrons. The van der Waals surface area contributed by atoms with Crippen molar-refractivity contribution in [3.8, 4) is 11.5 Å². The van der Waals surface area contributed by atoms with E-state index in [1.54, 1.807) is 6.07 Å². The van der Waals surface area contributed by atoms with Gasteiger partial charge in [-0.25, -0.2) is 4.99 Å². The van der Waals surface area contributed by atoms with Crippen LogP contribution in [0, 0.1) is 0 Å². The van der Waals surface area contributed by atoms with Gasteiger partial charge < -0.3 is 20.5 Å². The number of phenolic OH excluding ortho intramolecular Hbond substituents is 1. The minimum atomic E-state index is 0.154. The molecule has 3 N–H and O–H groups in total. The average Bonchev–Trinajstić information content (AvgIpc) is 2.67. The van der Waals surface area contributed by atoms with E-state index in [1.165, 1.54) is 5.56 Å². The molecular formula is C21H29N3O2. The largest absolute Gasteiger partial charge is 0.504 e. The predicted molar refractivity (Wildman–Crippen MR) is 107 cm³/mol. The van der Waals surface area contributed by atoms with E-state index in [0.29, 0.717) is 24.8 Å². The van der Waals surface area contributed by atoms with E-state index >= 15 is 0 Å². The maximum Gasteiger partial charge on any atom is 0.191 e. The molecule has 0 heterocycles. The van der Waals surface area contributed by atoms with Gasteiger partial charge in [-0.3, -0.25) is 0 Å². The summed E-state index contributed by atoms with van der Waals surface area (Å²) in [4.78, 5) is 4.64. The first-order valence-corrected chi connectivity index (χ1v) is 9.15. The van der Waals surface area contributed by atoms with Crippen LogP contribution >= 0.6 is 0 Å². The van der Waals surface area contributed by atoms with E-state index in [0.717, 1.165) is 24.6 Å². The number of hydrogen-bond acceptors (Lipinski definition) is 3. The van der Waals surface area contributed by atoms with Crippen molar-refractivity contribution >= 4 is 5.96 Å². The highest BCUT2D eigenvalue weighted by molar-refractivity contribution is 5.79. The van der Waals surface area contributed by atoms with Gasteiger partial charge in [0.2, 0.25) is 0 Å². The topological polar surface area (TPSA) is 65.9 Å². The Labute approximate surface area is 156 Å². The summed E-state index contributed by atoms with van der Waals surface area (Å²) in [6, 6.07) is 15.8. The molecule has 0 aliphatic rings. The van der Waals surface area contributed by atoms with Crippen LogP contribution in [0.25, 0.3) is 0 Å². The fourth-order valence-corrected chi connectivity index (χ4v) is 2.59. The Morgan fingerprint density at radius 3 is 2.58 bits per heavy atom. The summed E-state index contributed by atoms with van der Waals surface area (Å²) in [5.41, 5.74) is 2.29.